The van der Waals surface area contributed by atoms with Crippen LogP contribution in [0.2, 0.25) is 0 Å². The Hall–Kier alpha value is -4.32. The van der Waals surface area contributed by atoms with Crippen molar-refractivity contribution in [1.29, 1.82) is 4.78 Å². The highest BCUT2D eigenvalue weighted by molar-refractivity contribution is 7.92. The summed E-state index contributed by atoms with van der Waals surface area (Å²) in [6.45, 7) is 0.470. The predicted molar refractivity (Wildman–Crippen MR) is 149 cm³/mol. The van der Waals surface area contributed by atoms with Crippen LogP contribution in [0.5, 0.6) is 5.75 Å². The predicted octanol–water partition coefficient (Wildman–Crippen LogP) is 4.12. The lowest BCUT2D eigenvalue weighted by atomic mass is 9.58. The van der Waals surface area contributed by atoms with Gasteiger partial charge in [0.25, 0.3) is 0 Å². The third-order valence-corrected chi connectivity index (χ3v) is 10.2. The summed E-state index contributed by atoms with van der Waals surface area (Å²) in [5.74, 6) is -2.69. The first-order chi connectivity index (χ1) is 21.6. The molecule has 12 nitrogen and oxygen atoms in total. The number of ether oxygens (including phenoxy) is 2. The molecular formula is C28H27F5N6O6S. The van der Waals surface area contributed by atoms with Crippen molar-refractivity contribution in [3.05, 3.63) is 53.7 Å². The van der Waals surface area contributed by atoms with Gasteiger partial charge in [0.1, 0.15) is 11.6 Å². The number of methoxy groups -OCH3 is 1. The minimum absolute atomic E-state index is 0.123. The Balaban J connectivity index is 1.34. The second-order valence-electron chi connectivity index (χ2n) is 11.6. The molecule has 1 saturated carbocycles. The molecule has 46 heavy (non-hydrogen) atoms. The summed E-state index contributed by atoms with van der Waals surface area (Å²) >= 11 is 0. The van der Waals surface area contributed by atoms with Gasteiger partial charge in [-0.05, 0) is 48.6 Å². The minimum Gasteiger partial charge on any atom is -0.453 e. The Kier molecular flexibility index (Phi) is 7.70. The SMILES string of the molecule is COC(=O)N1CC2CC(c3nc(-c4cc5c(cc4F)S(=N)(=O)C[C@H](N)C(=O)N5Cc4ccc(OC(F)(F)C(F)F)cc4)no3)(C2)C1. The number of amides is 2. The van der Waals surface area contributed by atoms with E-state index in [0.717, 1.165) is 29.2 Å². The number of anilines is 1. The molecule has 18 heteroatoms. The fourth-order valence-corrected chi connectivity index (χ4v) is 7.87. The lowest BCUT2D eigenvalue weighted by molar-refractivity contribution is -0.253. The molecule has 1 unspecified atom stereocenters. The van der Waals surface area contributed by atoms with E-state index >= 15 is 4.39 Å². The number of fused-ring (bicyclic) bond motifs is 3. The number of hydrogen-bond acceptors (Lipinski definition) is 10. The van der Waals surface area contributed by atoms with E-state index in [1.807, 2.05) is 0 Å². The van der Waals surface area contributed by atoms with Crippen molar-refractivity contribution >= 4 is 27.4 Å². The van der Waals surface area contributed by atoms with Crippen LogP contribution >= 0.6 is 0 Å². The Morgan fingerprint density at radius 3 is 2.61 bits per heavy atom. The van der Waals surface area contributed by atoms with Crippen LogP contribution in [-0.2, 0) is 31.2 Å². The average molecular weight is 671 g/mol. The molecule has 2 amide bonds. The summed E-state index contributed by atoms with van der Waals surface area (Å²) in [6, 6.07) is 5.07. The van der Waals surface area contributed by atoms with Crippen LogP contribution in [0.25, 0.3) is 11.4 Å². The topological polar surface area (TPSA) is 165 Å². The van der Waals surface area contributed by atoms with Crippen molar-refractivity contribution in [1.82, 2.24) is 15.0 Å². The highest BCUT2D eigenvalue weighted by Crippen LogP contribution is 2.52. The van der Waals surface area contributed by atoms with Crippen molar-refractivity contribution < 1.29 is 49.7 Å². The number of nitrogens with two attached hydrogens (primary N) is 1. The molecule has 4 aliphatic rings. The monoisotopic (exact) mass is 670 g/mol. The van der Waals surface area contributed by atoms with Gasteiger partial charge >= 0.3 is 18.6 Å². The summed E-state index contributed by atoms with van der Waals surface area (Å²) in [4.78, 5) is 32.3. The highest BCUT2D eigenvalue weighted by atomic mass is 32.2. The maximum absolute atomic E-state index is 15.6. The first kappa shape index (κ1) is 31.7. The van der Waals surface area contributed by atoms with Gasteiger partial charge in [0.05, 0.1) is 56.7 Å². The first-order valence-electron chi connectivity index (χ1n) is 13.9. The smallest absolute Gasteiger partial charge is 0.453 e. The number of carbonyl (C=O) groups is 2. The zero-order valence-electron chi connectivity index (χ0n) is 24.1. The number of piperidine rings is 2. The third kappa shape index (κ3) is 5.52. The molecule has 2 atom stereocenters. The molecule has 1 aliphatic carbocycles. The van der Waals surface area contributed by atoms with Gasteiger partial charge in [0, 0.05) is 13.1 Å². The van der Waals surface area contributed by atoms with Crippen molar-refractivity contribution in [2.24, 2.45) is 11.7 Å². The molecule has 0 spiro atoms. The number of nitrogens with one attached hydrogen (secondary N) is 1. The molecule has 3 N–H and O–H groups in total. The van der Waals surface area contributed by atoms with Crippen LogP contribution in [0.15, 0.2) is 45.8 Å². The van der Waals surface area contributed by atoms with E-state index in [2.05, 4.69) is 14.9 Å². The summed E-state index contributed by atoms with van der Waals surface area (Å²) in [5, 5.41) is 3.95. The van der Waals surface area contributed by atoms with Gasteiger partial charge < -0.3 is 29.5 Å². The maximum Gasteiger partial charge on any atom is 0.461 e. The number of nitrogens with zero attached hydrogens (tertiary/aromatic N) is 4. The lowest BCUT2D eigenvalue weighted by Crippen LogP contribution is -2.60. The summed E-state index contributed by atoms with van der Waals surface area (Å²) < 4.78 is 104. The largest absolute Gasteiger partial charge is 0.461 e. The molecule has 0 radical (unpaired) electrons. The quantitative estimate of drug-likeness (QED) is 0.352. The van der Waals surface area contributed by atoms with Crippen LogP contribution in [0.4, 0.5) is 32.4 Å². The number of rotatable bonds is 7. The highest BCUT2D eigenvalue weighted by Gasteiger charge is 2.56. The van der Waals surface area contributed by atoms with E-state index in [4.69, 9.17) is 19.8 Å². The molecule has 2 bridgehead atoms. The van der Waals surface area contributed by atoms with Crippen LogP contribution in [0.3, 0.4) is 0 Å². The van der Waals surface area contributed by atoms with E-state index in [9.17, 15) is 31.4 Å². The van der Waals surface area contributed by atoms with Gasteiger partial charge in [-0.1, -0.05) is 17.3 Å². The first-order valence-corrected chi connectivity index (χ1v) is 15.6. The van der Waals surface area contributed by atoms with Crippen LogP contribution in [-0.4, -0.2) is 75.8 Å². The van der Waals surface area contributed by atoms with Gasteiger partial charge in [-0.15, -0.1) is 0 Å². The summed E-state index contributed by atoms with van der Waals surface area (Å²) in [6.07, 6.45) is -7.96. The van der Waals surface area contributed by atoms with Crippen LogP contribution < -0.4 is 15.4 Å². The molecule has 4 heterocycles. The van der Waals surface area contributed by atoms with Gasteiger partial charge in [-0.25, -0.2) is 18.2 Å². The summed E-state index contributed by atoms with van der Waals surface area (Å²) in [7, 11) is -2.51. The van der Waals surface area contributed by atoms with E-state index < -0.39 is 63.0 Å². The molecule has 7 rings (SSSR count). The van der Waals surface area contributed by atoms with Crippen molar-refractivity contribution in [2.45, 2.75) is 48.3 Å². The van der Waals surface area contributed by atoms with Gasteiger partial charge in [-0.2, -0.15) is 22.5 Å². The normalized spacial score (nSPS) is 26.0. The van der Waals surface area contributed by atoms with E-state index in [1.165, 1.54) is 24.1 Å². The van der Waals surface area contributed by atoms with Gasteiger partial charge in [0.15, 0.2) is 0 Å². The van der Waals surface area contributed by atoms with Crippen molar-refractivity contribution in [3.8, 4) is 17.1 Å². The number of benzene rings is 2. The fourth-order valence-electron chi connectivity index (χ4n) is 6.24. The second-order valence-corrected chi connectivity index (χ2v) is 13.7. The molecule has 1 aromatic heterocycles. The molecule has 2 saturated heterocycles. The summed E-state index contributed by atoms with van der Waals surface area (Å²) in [5.41, 5.74) is 5.28. The number of halogens is 5. The van der Waals surface area contributed by atoms with E-state index in [1.54, 1.807) is 0 Å². The maximum atomic E-state index is 15.6. The molecule has 246 valence electrons. The fraction of sp³-hybridized carbons (Fsp3) is 0.429. The molecule has 2 aromatic carbocycles. The standard InChI is InChI=1S/C28H27F5N6O6S/c1-43-26(41)38-10-15-8-27(9-15,13-38)25-36-22(37-45-25)17-6-20-21(7-18(17)29)46(35,42)12-19(34)23(40)39(20)11-14-2-4-16(5-3-14)44-28(32,33)24(30)31/h2-7,15,19,24,35H,8-13,34H2,1H3/t15?,19-,27?,46?/m0/s1. The molecule has 3 fully saturated rings. The van der Waals surface area contributed by atoms with Crippen LogP contribution in [0.1, 0.15) is 24.3 Å². The van der Waals surface area contributed by atoms with E-state index in [0.29, 0.717) is 19.4 Å². The molecule has 3 aromatic rings. The Labute approximate surface area is 258 Å². The zero-order valence-corrected chi connectivity index (χ0v) is 24.9. The molecule has 3 aliphatic heterocycles. The zero-order chi connectivity index (χ0) is 33.2. The third-order valence-electron chi connectivity index (χ3n) is 8.35. The van der Waals surface area contributed by atoms with Crippen molar-refractivity contribution in [3.63, 3.8) is 0 Å². The van der Waals surface area contributed by atoms with Crippen LogP contribution in [0, 0.1) is 16.5 Å². The second kappa shape index (κ2) is 11.2. The number of alkyl halides is 4. The number of carbonyl (C=O) groups excluding carboxylic acids is 2. The van der Waals surface area contributed by atoms with Gasteiger partial charge in [0.2, 0.25) is 17.6 Å². The van der Waals surface area contributed by atoms with Crippen molar-refractivity contribution in [2.75, 3.05) is 30.9 Å². The average Bonchev–Trinajstić information content (AvgIpc) is 3.47. The Bertz CT molecular complexity index is 1800. The van der Waals surface area contributed by atoms with E-state index in [-0.39, 0.29) is 52.4 Å². The molecular weight excluding hydrogens is 643 g/mol. The minimum atomic E-state index is -4.73. The number of hydrogen-bond donors (Lipinski definition) is 2. The Morgan fingerprint density at radius 2 is 1.96 bits per heavy atom. The van der Waals surface area contributed by atoms with Gasteiger partial charge in [-0.3, -0.25) is 4.79 Å². The number of aromatic nitrogens is 2. The Morgan fingerprint density at radius 1 is 1.26 bits per heavy atom. The lowest BCUT2D eigenvalue weighted by Gasteiger charge is -2.53.